The summed E-state index contributed by atoms with van der Waals surface area (Å²) in [5.41, 5.74) is 6.98. The minimum absolute atomic E-state index is 0.319. The van der Waals surface area contributed by atoms with E-state index in [1.54, 1.807) is 25.2 Å². The highest BCUT2D eigenvalue weighted by atomic mass is 16.6. The highest BCUT2D eigenvalue weighted by Gasteiger charge is 2.17. The normalized spacial score (nSPS) is 13.1. The predicted molar refractivity (Wildman–Crippen MR) is 73.0 cm³/mol. The maximum Gasteiger partial charge on any atom is 0.276 e. The first kappa shape index (κ1) is 12.3. The summed E-state index contributed by atoms with van der Waals surface area (Å²) >= 11 is 0. The van der Waals surface area contributed by atoms with E-state index in [1.165, 1.54) is 10.9 Å². The molecule has 0 bridgehead atoms. The SMILES string of the molecule is Cn1ncc(N)c1C(=O)Nc1ccc2c(c1)OCCO2. The summed E-state index contributed by atoms with van der Waals surface area (Å²) in [6.07, 6.45) is 1.44. The zero-order chi connectivity index (χ0) is 14.1. The lowest BCUT2D eigenvalue weighted by Crippen LogP contribution is -2.18. The molecule has 0 unspecified atom stereocenters. The van der Waals surface area contributed by atoms with E-state index in [2.05, 4.69) is 10.4 Å². The van der Waals surface area contributed by atoms with Crippen LogP contribution in [0.1, 0.15) is 10.5 Å². The van der Waals surface area contributed by atoms with Crippen molar-refractivity contribution in [1.29, 1.82) is 0 Å². The number of anilines is 2. The Hall–Kier alpha value is -2.70. The second-order valence-electron chi connectivity index (χ2n) is 4.38. The van der Waals surface area contributed by atoms with Crippen LogP contribution in [0.5, 0.6) is 11.5 Å². The Morgan fingerprint density at radius 1 is 1.35 bits per heavy atom. The monoisotopic (exact) mass is 274 g/mol. The number of aromatic nitrogens is 2. The number of nitrogen functional groups attached to an aromatic ring is 1. The number of amides is 1. The fourth-order valence-corrected chi connectivity index (χ4v) is 2.04. The molecule has 0 spiro atoms. The molecule has 0 saturated carbocycles. The number of nitrogens with zero attached hydrogens (tertiary/aromatic N) is 2. The predicted octanol–water partition coefficient (Wildman–Crippen LogP) is 1.03. The number of fused-ring (bicyclic) bond motifs is 1. The van der Waals surface area contributed by atoms with E-state index >= 15 is 0 Å². The fraction of sp³-hybridized carbons (Fsp3) is 0.231. The van der Waals surface area contributed by atoms with Crippen LogP contribution >= 0.6 is 0 Å². The smallest absolute Gasteiger partial charge is 0.276 e. The van der Waals surface area contributed by atoms with Crippen molar-refractivity contribution >= 4 is 17.3 Å². The summed E-state index contributed by atoms with van der Waals surface area (Å²) in [6.45, 7) is 1.03. The molecular weight excluding hydrogens is 260 g/mol. The third-order valence-electron chi connectivity index (χ3n) is 2.98. The Kier molecular flexibility index (Phi) is 2.94. The second kappa shape index (κ2) is 4.76. The summed E-state index contributed by atoms with van der Waals surface area (Å²) < 4.78 is 12.3. The quantitative estimate of drug-likeness (QED) is 0.853. The largest absolute Gasteiger partial charge is 0.486 e. The summed E-state index contributed by atoms with van der Waals surface area (Å²) in [4.78, 5) is 12.2. The van der Waals surface area contributed by atoms with Crippen molar-refractivity contribution in [2.45, 2.75) is 0 Å². The molecule has 7 nitrogen and oxygen atoms in total. The molecule has 0 saturated heterocycles. The van der Waals surface area contributed by atoms with Gasteiger partial charge in [-0.2, -0.15) is 5.10 Å². The molecule has 1 aromatic carbocycles. The van der Waals surface area contributed by atoms with E-state index in [0.717, 1.165) is 0 Å². The van der Waals surface area contributed by atoms with Crippen LogP contribution in [0.2, 0.25) is 0 Å². The van der Waals surface area contributed by atoms with Gasteiger partial charge < -0.3 is 20.5 Å². The van der Waals surface area contributed by atoms with E-state index in [-0.39, 0.29) is 5.91 Å². The van der Waals surface area contributed by atoms with E-state index in [4.69, 9.17) is 15.2 Å². The molecule has 0 aliphatic carbocycles. The molecule has 2 heterocycles. The van der Waals surface area contributed by atoms with Gasteiger partial charge in [-0.3, -0.25) is 9.48 Å². The number of rotatable bonds is 2. The average Bonchev–Trinajstić information content (AvgIpc) is 2.78. The molecule has 1 aliphatic heterocycles. The van der Waals surface area contributed by atoms with Crippen LogP contribution in [0.3, 0.4) is 0 Å². The van der Waals surface area contributed by atoms with Gasteiger partial charge in [-0.1, -0.05) is 0 Å². The molecular formula is C13H14N4O3. The molecule has 104 valence electrons. The summed E-state index contributed by atoms with van der Waals surface area (Å²) in [5, 5.41) is 6.70. The van der Waals surface area contributed by atoms with Crippen LogP contribution < -0.4 is 20.5 Å². The number of hydrogen-bond acceptors (Lipinski definition) is 5. The van der Waals surface area contributed by atoms with Crippen molar-refractivity contribution in [3.05, 3.63) is 30.1 Å². The van der Waals surface area contributed by atoms with Gasteiger partial charge in [-0.15, -0.1) is 0 Å². The topological polar surface area (TPSA) is 91.4 Å². The van der Waals surface area contributed by atoms with Gasteiger partial charge in [0.2, 0.25) is 0 Å². The number of nitrogens with two attached hydrogens (primary N) is 1. The van der Waals surface area contributed by atoms with Crippen molar-refractivity contribution in [3.8, 4) is 11.5 Å². The molecule has 7 heteroatoms. The summed E-state index contributed by atoms with van der Waals surface area (Å²) in [7, 11) is 1.66. The van der Waals surface area contributed by atoms with Crippen molar-refractivity contribution in [2.24, 2.45) is 7.05 Å². The third kappa shape index (κ3) is 2.13. The number of carbonyl (C=O) groups excluding carboxylic acids is 1. The Morgan fingerprint density at radius 3 is 2.80 bits per heavy atom. The van der Waals surface area contributed by atoms with Crippen molar-refractivity contribution in [3.63, 3.8) is 0 Å². The minimum atomic E-state index is -0.320. The van der Waals surface area contributed by atoms with E-state index in [0.29, 0.717) is 41.8 Å². The van der Waals surface area contributed by atoms with Crippen LogP contribution in [0, 0.1) is 0 Å². The molecule has 3 N–H and O–H groups in total. The summed E-state index contributed by atoms with van der Waals surface area (Å²) in [6, 6.07) is 5.23. The Labute approximate surface area is 115 Å². The van der Waals surface area contributed by atoms with Crippen LogP contribution in [0.25, 0.3) is 0 Å². The zero-order valence-electron chi connectivity index (χ0n) is 10.9. The first-order valence-electron chi connectivity index (χ1n) is 6.13. The van der Waals surface area contributed by atoms with Gasteiger partial charge in [0.1, 0.15) is 18.9 Å². The molecule has 1 aromatic heterocycles. The molecule has 2 aromatic rings. The van der Waals surface area contributed by atoms with Crippen LogP contribution in [0.4, 0.5) is 11.4 Å². The van der Waals surface area contributed by atoms with Gasteiger partial charge in [-0.25, -0.2) is 0 Å². The van der Waals surface area contributed by atoms with Crippen molar-refractivity contribution in [2.75, 3.05) is 24.3 Å². The molecule has 0 fully saturated rings. The number of aryl methyl sites for hydroxylation is 1. The molecule has 1 amide bonds. The van der Waals surface area contributed by atoms with Gasteiger partial charge >= 0.3 is 0 Å². The van der Waals surface area contributed by atoms with Crippen LogP contribution in [-0.4, -0.2) is 28.9 Å². The highest BCUT2D eigenvalue weighted by Crippen LogP contribution is 2.32. The standard InChI is InChI=1S/C13H14N4O3/c1-17-12(9(14)7-15-17)13(18)16-8-2-3-10-11(6-8)20-5-4-19-10/h2-3,6-7H,4-5,14H2,1H3,(H,16,18). The lowest BCUT2D eigenvalue weighted by atomic mass is 10.2. The first-order valence-corrected chi connectivity index (χ1v) is 6.13. The number of carbonyl (C=O) groups is 1. The van der Waals surface area contributed by atoms with Crippen LogP contribution in [-0.2, 0) is 7.05 Å². The maximum atomic E-state index is 12.2. The number of nitrogens with one attached hydrogen (secondary N) is 1. The maximum absolute atomic E-state index is 12.2. The van der Waals surface area contributed by atoms with E-state index < -0.39 is 0 Å². The van der Waals surface area contributed by atoms with Crippen molar-refractivity contribution in [1.82, 2.24) is 9.78 Å². The van der Waals surface area contributed by atoms with E-state index in [9.17, 15) is 4.79 Å². The summed E-state index contributed by atoms with van der Waals surface area (Å²) in [5.74, 6) is 0.973. The highest BCUT2D eigenvalue weighted by molar-refractivity contribution is 6.06. The van der Waals surface area contributed by atoms with Gasteiger partial charge in [0.25, 0.3) is 5.91 Å². The third-order valence-corrected chi connectivity index (χ3v) is 2.98. The minimum Gasteiger partial charge on any atom is -0.486 e. The van der Waals surface area contributed by atoms with Crippen molar-refractivity contribution < 1.29 is 14.3 Å². The van der Waals surface area contributed by atoms with Gasteiger partial charge in [-0.05, 0) is 12.1 Å². The number of ether oxygens (including phenoxy) is 2. The lowest BCUT2D eigenvalue weighted by Gasteiger charge is -2.19. The Balaban J connectivity index is 1.83. The molecule has 0 atom stereocenters. The lowest BCUT2D eigenvalue weighted by molar-refractivity contribution is 0.101. The van der Waals surface area contributed by atoms with E-state index in [1.807, 2.05) is 0 Å². The molecule has 0 radical (unpaired) electrons. The Bertz CT molecular complexity index is 646. The van der Waals surface area contributed by atoms with Crippen LogP contribution in [0.15, 0.2) is 24.4 Å². The Morgan fingerprint density at radius 2 is 2.10 bits per heavy atom. The molecule has 20 heavy (non-hydrogen) atoms. The first-order chi connectivity index (χ1) is 9.65. The van der Waals surface area contributed by atoms with Gasteiger partial charge in [0.05, 0.1) is 11.9 Å². The fourth-order valence-electron chi connectivity index (χ4n) is 2.04. The number of benzene rings is 1. The number of hydrogen-bond donors (Lipinski definition) is 2. The second-order valence-corrected chi connectivity index (χ2v) is 4.38. The zero-order valence-corrected chi connectivity index (χ0v) is 10.9. The van der Waals surface area contributed by atoms with Gasteiger partial charge in [0, 0.05) is 18.8 Å². The average molecular weight is 274 g/mol. The molecule has 1 aliphatic rings. The van der Waals surface area contributed by atoms with Gasteiger partial charge in [0.15, 0.2) is 11.5 Å². The molecule has 3 rings (SSSR count).